The zero-order valence-corrected chi connectivity index (χ0v) is 38.8. The standard InChI is InChI=1S/C48H82NO10P/c1-6-8-10-12-14-16-18-20-21-22-23-24-26-28-30-32-34-38-48(53)59-44(43-58-60(54,55)57-41-40-49(3,4)5)42-56-47(52)39-35-37-46(51)45(50)36-33-31-29-27-25-19-17-15-13-11-9-7-2/h8,10,14-17,20-21,23-25,27,31,33,44-46,50-51H,6-7,9,11-13,18-19,22,26,28-30,32,34-43H2,1-5H3/p+1/b10-8-,16-14-,17-15-,21-20-,24-23-,27-25-,33-31-/t44-,45?,46?/m1/s1. The van der Waals surface area contributed by atoms with Gasteiger partial charge in [0.25, 0.3) is 0 Å². The number of carbonyl (C=O) groups excluding carboxylic acids is 2. The topological polar surface area (TPSA) is 149 Å². The van der Waals surface area contributed by atoms with Gasteiger partial charge in [0.2, 0.25) is 0 Å². The highest BCUT2D eigenvalue weighted by Gasteiger charge is 2.27. The van der Waals surface area contributed by atoms with Crippen LogP contribution in [0.1, 0.15) is 142 Å². The first kappa shape index (κ1) is 57.1. The number of nitrogens with zero attached hydrogens (tertiary/aromatic N) is 1. The molecule has 0 amide bonds. The van der Waals surface area contributed by atoms with Crippen LogP contribution in [0.25, 0.3) is 0 Å². The van der Waals surface area contributed by atoms with Gasteiger partial charge in [0.1, 0.15) is 19.8 Å². The number of hydrogen-bond donors (Lipinski definition) is 3. The number of rotatable bonds is 39. The Kier molecular flexibility index (Phi) is 37.1. The average Bonchev–Trinajstić information content (AvgIpc) is 3.19. The van der Waals surface area contributed by atoms with Crippen LogP contribution < -0.4 is 0 Å². The molecule has 0 aromatic heterocycles. The number of esters is 2. The molecule has 0 aliphatic heterocycles. The van der Waals surface area contributed by atoms with Gasteiger partial charge in [-0.2, -0.15) is 0 Å². The Morgan fingerprint density at radius 1 is 0.600 bits per heavy atom. The van der Waals surface area contributed by atoms with Crippen LogP contribution in [0.2, 0.25) is 0 Å². The first-order valence-corrected chi connectivity index (χ1v) is 24.0. The summed E-state index contributed by atoms with van der Waals surface area (Å²) in [6.07, 6.45) is 42.3. The van der Waals surface area contributed by atoms with Gasteiger partial charge in [-0.25, -0.2) is 4.57 Å². The van der Waals surface area contributed by atoms with Gasteiger partial charge in [-0.1, -0.05) is 125 Å². The van der Waals surface area contributed by atoms with Crippen LogP contribution in [-0.4, -0.2) is 97.3 Å². The summed E-state index contributed by atoms with van der Waals surface area (Å²) in [4.78, 5) is 35.4. The summed E-state index contributed by atoms with van der Waals surface area (Å²) < 4.78 is 34.1. The Labute approximate surface area is 364 Å². The fourth-order valence-electron chi connectivity index (χ4n) is 5.46. The molecule has 0 bridgehead atoms. The van der Waals surface area contributed by atoms with Crippen LogP contribution >= 0.6 is 7.82 Å². The number of phosphoric acid groups is 1. The van der Waals surface area contributed by atoms with Crippen molar-refractivity contribution >= 4 is 19.8 Å². The maximum atomic E-state index is 12.7. The number of ether oxygens (including phenoxy) is 2. The van der Waals surface area contributed by atoms with E-state index in [9.17, 15) is 29.3 Å². The molecule has 3 N–H and O–H groups in total. The zero-order chi connectivity index (χ0) is 44.6. The highest BCUT2D eigenvalue weighted by molar-refractivity contribution is 7.47. The molecular weight excluding hydrogens is 781 g/mol. The van der Waals surface area contributed by atoms with Crippen LogP contribution in [0.4, 0.5) is 0 Å². The fourth-order valence-corrected chi connectivity index (χ4v) is 6.20. The largest absolute Gasteiger partial charge is 0.472 e. The number of quaternary nitrogens is 1. The van der Waals surface area contributed by atoms with Gasteiger partial charge in [0.15, 0.2) is 6.10 Å². The van der Waals surface area contributed by atoms with Crippen LogP contribution in [0.15, 0.2) is 85.1 Å². The van der Waals surface area contributed by atoms with Gasteiger partial charge in [0, 0.05) is 12.8 Å². The molecular formula is C48H83NO10P+. The molecule has 0 aromatic rings. The number of aliphatic hydroxyl groups is 2. The smallest absolute Gasteiger partial charge is 0.462 e. The van der Waals surface area contributed by atoms with E-state index in [0.717, 1.165) is 70.6 Å². The van der Waals surface area contributed by atoms with E-state index in [4.69, 9.17) is 18.5 Å². The van der Waals surface area contributed by atoms with Crippen molar-refractivity contribution < 1.29 is 52.3 Å². The molecule has 0 aromatic carbocycles. The van der Waals surface area contributed by atoms with Crippen LogP contribution in [0, 0.1) is 0 Å². The van der Waals surface area contributed by atoms with Crippen molar-refractivity contribution in [2.24, 2.45) is 0 Å². The van der Waals surface area contributed by atoms with Gasteiger partial charge < -0.3 is 29.1 Å². The number of unbranched alkanes of at least 4 members (excludes halogenated alkanes) is 7. The Bertz CT molecular complexity index is 1330. The van der Waals surface area contributed by atoms with Gasteiger partial charge in [0.05, 0.1) is 40.0 Å². The van der Waals surface area contributed by atoms with Crippen LogP contribution in [0.3, 0.4) is 0 Å². The lowest BCUT2D eigenvalue weighted by Crippen LogP contribution is -2.37. The van der Waals surface area contributed by atoms with E-state index in [2.05, 4.69) is 86.8 Å². The predicted octanol–water partition coefficient (Wildman–Crippen LogP) is 10.7. The van der Waals surface area contributed by atoms with Crippen molar-refractivity contribution in [3.63, 3.8) is 0 Å². The van der Waals surface area contributed by atoms with Crippen LogP contribution in [0.5, 0.6) is 0 Å². The molecule has 0 saturated heterocycles. The van der Waals surface area contributed by atoms with Crippen molar-refractivity contribution in [2.75, 3.05) is 47.5 Å². The number of carbonyl (C=O) groups is 2. The lowest BCUT2D eigenvalue weighted by Gasteiger charge is -2.24. The van der Waals surface area contributed by atoms with E-state index in [1.807, 2.05) is 33.3 Å². The van der Waals surface area contributed by atoms with Crippen molar-refractivity contribution in [2.45, 2.75) is 161 Å². The van der Waals surface area contributed by atoms with Gasteiger partial charge >= 0.3 is 19.8 Å². The number of phosphoric ester groups is 1. The van der Waals surface area contributed by atoms with E-state index in [-0.39, 0.29) is 38.9 Å². The Morgan fingerprint density at radius 3 is 1.68 bits per heavy atom. The lowest BCUT2D eigenvalue weighted by atomic mass is 10.0. The third kappa shape index (κ3) is 40.5. The summed E-state index contributed by atoms with van der Waals surface area (Å²) in [6.45, 7) is 3.89. The molecule has 4 atom stereocenters. The number of likely N-dealkylation sites (N-methyl/N-ethyl adjacent to an activating group) is 1. The summed E-state index contributed by atoms with van der Waals surface area (Å²) in [5.74, 6) is -1.12. The number of aliphatic hydroxyl groups excluding tert-OH is 2. The van der Waals surface area contributed by atoms with E-state index in [1.54, 1.807) is 0 Å². The first-order valence-electron chi connectivity index (χ1n) is 22.5. The molecule has 0 rings (SSSR count). The molecule has 0 aliphatic carbocycles. The zero-order valence-electron chi connectivity index (χ0n) is 37.9. The molecule has 0 fully saturated rings. The second-order valence-electron chi connectivity index (χ2n) is 16.0. The molecule has 11 nitrogen and oxygen atoms in total. The minimum Gasteiger partial charge on any atom is -0.462 e. The normalized spacial score (nSPS) is 15.4. The molecule has 0 aliphatic rings. The summed E-state index contributed by atoms with van der Waals surface area (Å²) in [6, 6.07) is 0. The maximum Gasteiger partial charge on any atom is 0.472 e. The maximum absolute atomic E-state index is 12.7. The molecule has 12 heteroatoms. The summed E-state index contributed by atoms with van der Waals surface area (Å²) in [5, 5.41) is 20.7. The third-order valence-electron chi connectivity index (χ3n) is 9.11. The molecule has 344 valence electrons. The monoisotopic (exact) mass is 865 g/mol. The van der Waals surface area contributed by atoms with E-state index in [1.165, 1.54) is 19.3 Å². The molecule has 0 radical (unpaired) electrons. The second kappa shape index (κ2) is 39.0. The van der Waals surface area contributed by atoms with Gasteiger partial charge in [-0.3, -0.25) is 18.6 Å². The van der Waals surface area contributed by atoms with E-state index >= 15 is 0 Å². The molecule has 0 spiro atoms. The van der Waals surface area contributed by atoms with E-state index in [0.29, 0.717) is 23.9 Å². The van der Waals surface area contributed by atoms with Crippen molar-refractivity contribution in [1.29, 1.82) is 0 Å². The molecule has 0 saturated carbocycles. The van der Waals surface area contributed by atoms with Crippen molar-refractivity contribution in [1.82, 2.24) is 0 Å². The third-order valence-corrected chi connectivity index (χ3v) is 10.1. The SMILES string of the molecule is CC/C=C\C/C=C\C/C=C\C/C=C\CCCCCCC(=O)O[C@H](COC(=O)CCCC(O)C(O)C/C=C\C/C=C\C/C=C\CCCCC)COP(=O)(O)OCC[N+](C)(C)C. The Hall–Kier alpha value is -2.89. The Morgan fingerprint density at radius 2 is 1.12 bits per heavy atom. The number of allylic oxidation sites excluding steroid dienone is 13. The number of hydrogen-bond acceptors (Lipinski definition) is 9. The molecule has 60 heavy (non-hydrogen) atoms. The van der Waals surface area contributed by atoms with Gasteiger partial charge in [-0.15, -0.1) is 0 Å². The fraction of sp³-hybridized carbons (Fsp3) is 0.667. The quantitative estimate of drug-likeness (QED) is 0.0179. The van der Waals surface area contributed by atoms with Crippen molar-refractivity contribution in [3.8, 4) is 0 Å². The molecule has 0 heterocycles. The summed E-state index contributed by atoms with van der Waals surface area (Å²) in [5.41, 5.74) is 0. The second-order valence-corrected chi connectivity index (χ2v) is 17.5. The van der Waals surface area contributed by atoms with Crippen LogP contribution in [-0.2, 0) is 32.7 Å². The van der Waals surface area contributed by atoms with Crippen molar-refractivity contribution in [3.05, 3.63) is 85.1 Å². The summed E-state index contributed by atoms with van der Waals surface area (Å²) in [7, 11) is 1.29. The van der Waals surface area contributed by atoms with Gasteiger partial charge in [-0.05, 0) is 89.9 Å². The summed E-state index contributed by atoms with van der Waals surface area (Å²) >= 11 is 0. The first-order chi connectivity index (χ1) is 28.8. The minimum absolute atomic E-state index is 0.0233. The molecule has 3 unspecified atom stereocenters. The lowest BCUT2D eigenvalue weighted by molar-refractivity contribution is -0.870. The minimum atomic E-state index is -4.46. The Balaban J connectivity index is 4.65. The highest BCUT2D eigenvalue weighted by atomic mass is 31.2. The van der Waals surface area contributed by atoms with E-state index < -0.39 is 44.7 Å². The average molecular weight is 865 g/mol. The predicted molar refractivity (Wildman–Crippen MR) is 245 cm³/mol. The highest BCUT2D eigenvalue weighted by Crippen LogP contribution is 2.43.